The van der Waals surface area contributed by atoms with Gasteiger partial charge in [0.15, 0.2) is 11.7 Å². The molecule has 7 rings (SSSR count). The molecule has 8 bridgehead atoms. The van der Waals surface area contributed by atoms with Crippen LogP contribution < -0.4 is 9.97 Å². The summed E-state index contributed by atoms with van der Waals surface area (Å²) in [5.41, 5.74) is 6.26. The second-order valence-corrected chi connectivity index (χ2v) is 7.80. The van der Waals surface area contributed by atoms with Gasteiger partial charge in [0, 0.05) is 11.1 Å². The van der Waals surface area contributed by atoms with Crippen molar-refractivity contribution in [3.8, 4) is 0 Å². The molecule has 35 heavy (non-hydrogen) atoms. The Morgan fingerprint density at radius 1 is 0.543 bits per heavy atom. The van der Waals surface area contributed by atoms with Crippen LogP contribution in [0.15, 0.2) is 104 Å². The minimum Gasteiger partial charge on any atom is -0.439 e. The Hall–Kier alpha value is -4.29. The minimum atomic E-state index is 0. The second-order valence-electron chi connectivity index (χ2n) is 7.80. The van der Waals surface area contributed by atoms with Gasteiger partial charge in [0.2, 0.25) is 0 Å². The molecule has 2 aromatic heterocycles. The van der Waals surface area contributed by atoms with Gasteiger partial charge in [-0.1, -0.05) is 73.1 Å². The molecule has 0 unspecified atom stereocenters. The second kappa shape index (κ2) is 8.49. The molecular weight excluding hydrogens is 619 g/mol. The van der Waals surface area contributed by atoms with Gasteiger partial charge in [-0.05, 0) is 34.2 Å². The molecule has 0 aliphatic carbocycles. The average Bonchev–Trinajstić information content (AvgIpc) is 3.68. The van der Waals surface area contributed by atoms with E-state index in [0.29, 0.717) is 46.1 Å². The van der Waals surface area contributed by atoms with Crippen molar-refractivity contribution < 1.29 is 21.1 Å². The van der Waals surface area contributed by atoms with Crippen LogP contribution >= 0.6 is 0 Å². The quantitative estimate of drug-likeness (QED) is 0.338. The molecule has 0 radical (unpaired) electrons. The first-order valence-corrected chi connectivity index (χ1v) is 10.7. The molecule has 0 atom stereocenters. The van der Waals surface area contributed by atoms with Crippen LogP contribution in [-0.4, -0.2) is 34.1 Å². The Morgan fingerprint density at radius 3 is 1.40 bits per heavy atom. The van der Waals surface area contributed by atoms with Gasteiger partial charge < -0.3 is 19.9 Å². The predicted octanol–water partition coefficient (Wildman–Crippen LogP) is 3.28. The maximum atomic E-state index is 4.77. The Labute approximate surface area is 214 Å². The number of aromatic nitrogens is 4. The van der Waals surface area contributed by atoms with Crippen molar-refractivity contribution in [1.82, 2.24) is 19.9 Å². The van der Waals surface area contributed by atoms with E-state index in [4.69, 9.17) is 20.0 Å². The number of fused-ring (bicyclic) bond motifs is 8. The summed E-state index contributed by atoms with van der Waals surface area (Å²) >= 11 is 0. The van der Waals surface area contributed by atoms with E-state index in [9.17, 15) is 0 Å². The van der Waals surface area contributed by atoms with Crippen molar-refractivity contribution >= 4 is 35.2 Å². The molecule has 168 valence electrons. The summed E-state index contributed by atoms with van der Waals surface area (Å²) in [4.78, 5) is 37.2. The molecule has 0 saturated carbocycles. The summed E-state index contributed by atoms with van der Waals surface area (Å²) in [7, 11) is 0. The summed E-state index contributed by atoms with van der Waals surface area (Å²) in [6.07, 6.45) is 6.89. The third-order valence-electron chi connectivity index (χ3n) is 5.69. The molecule has 9 heteroatoms. The SMILES string of the molecule is C1=NC2=NC1=C(c1ccccc1)c1cnc([n-]1)C1=NC(=C(c3ccccc3)c3cnc2[n-]3)C=N1.[Pt+2]. The fourth-order valence-corrected chi connectivity index (χ4v) is 4.15. The Morgan fingerprint density at radius 2 is 0.971 bits per heavy atom. The molecule has 0 spiro atoms. The third-order valence-corrected chi connectivity index (χ3v) is 5.69. The van der Waals surface area contributed by atoms with E-state index in [1.807, 2.05) is 60.7 Å². The summed E-state index contributed by atoms with van der Waals surface area (Å²) in [6, 6.07) is 19.9. The maximum absolute atomic E-state index is 4.77. The van der Waals surface area contributed by atoms with Crippen molar-refractivity contribution in [3.05, 3.63) is 119 Å². The molecule has 0 fully saturated rings. The predicted molar refractivity (Wildman–Crippen MR) is 130 cm³/mol. The molecule has 0 amide bonds. The van der Waals surface area contributed by atoms with E-state index >= 15 is 0 Å². The average molecular weight is 634 g/mol. The van der Waals surface area contributed by atoms with Gasteiger partial charge in [0.1, 0.15) is 0 Å². The standard InChI is InChI=1S/C26H14N8.Pt/c1-3-7-15(8-4-1)21-17-11-27-23(31-17)25-29-13-19(33-25)22(16-9-5-2-6-10-16)20-14-30-26(34-20)24-28-12-18(21)32-24;/h1-14H;/q-2;+2. The zero-order chi connectivity index (χ0) is 22.5. The molecule has 4 aromatic rings. The van der Waals surface area contributed by atoms with Crippen LogP contribution in [0.25, 0.3) is 11.1 Å². The number of benzene rings is 2. The van der Waals surface area contributed by atoms with E-state index < -0.39 is 0 Å². The van der Waals surface area contributed by atoms with Crippen molar-refractivity contribution in [2.45, 2.75) is 0 Å². The molecule has 0 saturated heterocycles. The zero-order valence-electron chi connectivity index (χ0n) is 18.0. The number of allylic oxidation sites excluding steroid dienone is 2. The van der Waals surface area contributed by atoms with E-state index in [-0.39, 0.29) is 21.1 Å². The van der Waals surface area contributed by atoms with Crippen LogP contribution in [0.2, 0.25) is 0 Å². The summed E-state index contributed by atoms with van der Waals surface area (Å²) in [5.74, 6) is 1.81. The van der Waals surface area contributed by atoms with Gasteiger partial charge in [-0.25, -0.2) is 20.0 Å². The Bertz CT molecular complexity index is 1510. The van der Waals surface area contributed by atoms with Crippen molar-refractivity contribution in [2.75, 3.05) is 0 Å². The molecule has 8 nitrogen and oxygen atoms in total. The first kappa shape index (κ1) is 21.3. The van der Waals surface area contributed by atoms with E-state index in [2.05, 4.69) is 20.0 Å². The van der Waals surface area contributed by atoms with Gasteiger partial charge in [-0.15, -0.1) is 0 Å². The van der Waals surface area contributed by atoms with Gasteiger partial charge in [-0.2, -0.15) is 0 Å². The number of nitrogens with zero attached hydrogens (tertiary/aromatic N) is 8. The number of amidine groups is 2. The van der Waals surface area contributed by atoms with Crippen LogP contribution in [0, 0.1) is 0 Å². The normalized spacial score (nSPS) is 15.7. The maximum Gasteiger partial charge on any atom is 2.00 e. The molecule has 3 aliphatic heterocycles. The van der Waals surface area contributed by atoms with Crippen molar-refractivity contribution in [3.63, 3.8) is 0 Å². The number of aliphatic imine (C=N–C) groups is 4. The molecule has 0 N–H and O–H groups in total. The van der Waals surface area contributed by atoms with Crippen molar-refractivity contribution in [2.24, 2.45) is 20.0 Å². The topological polar surface area (TPSA) is 103 Å². The van der Waals surface area contributed by atoms with Crippen LogP contribution in [0.1, 0.15) is 34.2 Å². The molecular formula is C26H14N8Pt. The number of hydrogen-bond acceptors (Lipinski definition) is 6. The van der Waals surface area contributed by atoms with E-state index in [1.54, 1.807) is 24.8 Å². The summed E-state index contributed by atoms with van der Waals surface area (Å²) in [6.45, 7) is 0. The van der Waals surface area contributed by atoms with Crippen LogP contribution in [0.4, 0.5) is 0 Å². The monoisotopic (exact) mass is 633 g/mol. The first-order chi connectivity index (χ1) is 16.8. The smallest absolute Gasteiger partial charge is 0.439 e. The van der Waals surface area contributed by atoms with E-state index in [0.717, 1.165) is 22.3 Å². The van der Waals surface area contributed by atoms with Crippen LogP contribution in [0.5, 0.6) is 0 Å². The summed E-state index contributed by atoms with van der Waals surface area (Å²) < 4.78 is 0. The fourth-order valence-electron chi connectivity index (χ4n) is 4.15. The van der Waals surface area contributed by atoms with Gasteiger partial charge in [0.25, 0.3) is 0 Å². The number of hydrogen-bond donors (Lipinski definition) is 0. The fraction of sp³-hybridized carbons (Fsp3) is 0. The minimum absolute atomic E-state index is 0. The molecule has 2 aromatic carbocycles. The van der Waals surface area contributed by atoms with Crippen molar-refractivity contribution in [1.29, 1.82) is 0 Å². The number of rotatable bonds is 2. The van der Waals surface area contributed by atoms with Gasteiger partial charge in [-0.3, -0.25) is 0 Å². The Kier molecular flexibility index (Phi) is 5.15. The largest absolute Gasteiger partial charge is 2.00 e. The first-order valence-electron chi connectivity index (χ1n) is 10.7. The third kappa shape index (κ3) is 3.59. The summed E-state index contributed by atoms with van der Waals surface area (Å²) in [5, 5.41) is 0. The molecule has 5 heterocycles. The van der Waals surface area contributed by atoms with Crippen LogP contribution in [-0.2, 0) is 21.1 Å². The van der Waals surface area contributed by atoms with Crippen LogP contribution in [0.3, 0.4) is 0 Å². The molecule has 3 aliphatic rings. The van der Waals surface area contributed by atoms with Gasteiger partial charge >= 0.3 is 21.1 Å². The van der Waals surface area contributed by atoms with Gasteiger partial charge in [0.05, 0.1) is 23.8 Å². The van der Waals surface area contributed by atoms with E-state index in [1.165, 1.54) is 0 Å². The Balaban J connectivity index is 0.00000229. The number of imidazole rings is 2. The zero-order valence-corrected chi connectivity index (χ0v) is 20.2.